The second-order valence-corrected chi connectivity index (χ2v) is 5.35. The van der Waals surface area contributed by atoms with Crippen molar-refractivity contribution in [1.82, 2.24) is 4.98 Å². The zero-order valence-electron chi connectivity index (χ0n) is 12.3. The van der Waals surface area contributed by atoms with Gasteiger partial charge in [0.25, 0.3) is 0 Å². The molecule has 1 N–H and O–H groups in total. The number of hydrogen-bond donors (Lipinski definition) is 1. The van der Waals surface area contributed by atoms with Gasteiger partial charge in [0.05, 0.1) is 16.9 Å². The summed E-state index contributed by atoms with van der Waals surface area (Å²) in [5.41, 5.74) is 7.07. The van der Waals surface area contributed by atoms with Crippen molar-refractivity contribution >= 4 is 33.9 Å². The van der Waals surface area contributed by atoms with Gasteiger partial charge in [0.15, 0.2) is 0 Å². The van der Waals surface area contributed by atoms with Crippen LogP contribution in [0.15, 0.2) is 65.9 Å². The summed E-state index contributed by atoms with van der Waals surface area (Å²) in [5.74, 6) is 0. The van der Waals surface area contributed by atoms with Crippen molar-refractivity contribution in [1.29, 1.82) is 0 Å². The maximum Gasteiger partial charge on any atom is 0.0738 e. The highest BCUT2D eigenvalue weighted by molar-refractivity contribution is 6.31. The number of halogens is 1. The average molecular weight is 310 g/mol. The number of aromatic nitrogens is 1. The summed E-state index contributed by atoms with van der Waals surface area (Å²) in [6.45, 7) is 2.10. The van der Waals surface area contributed by atoms with Crippen LogP contribution in [0.25, 0.3) is 10.9 Å². The summed E-state index contributed by atoms with van der Waals surface area (Å²) in [5, 5.41) is 6.24. The van der Waals surface area contributed by atoms with Gasteiger partial charge in [-0.2, -0.15) is 5.10 Å². The molecular weight excluding hydrogens is 294 g/mol. The topological polar surface area (TPSA) is 37.3 Å². The number of anilines is 1. The Morgan fingerprint density at radius 3 is 2.73 bits per heavy atom. The lowest BCUT2D eigenvalue weighted by Crippen LogP contribution is -2.03. The molecule has 22 heavy (non-hydrogen) atoms. The predicted octanol–water partition coefficient (Wildman–Crippen LogP) is 5.11. The SMILES string of the molecule is CC/C(=N/Nc1ccnc2cc(Cl)ccc12)c1ccccc1. The van der Waals surface area contributed by atoms with Crippen LogP contribution in [0.1, 0.15) is 18.9 Å². The summed E-state index contributed by atoms with van der Waals surface area (Å²) in [7, 11) is 0. The van der Waals surface area contributed by atoms with Crippen LogP contribution in [0.5, 0.6) is 0 Å². The monoisotopic (exact) mass is 309 g/mol. The third-order valence-corrected chi connectivity index (χ3v) is 3.69. The Labute approximate surface area is 134 Å². The average Bonchev–Trinajstić information content (AvgIpc) is 2.56. The van der Waals surface area contributed by atoms with E-state index in [1.807, 2.05) is 42.5 Å². The molecule has 0 saturated heterocycles. The molecule has 3 nitrogen and oxygen atoms in total. The van der Waals surface area contributed by atoms with E-state index in [9.17, 15) is 0 Å². The van der Waals surface area contributed by atoms with Crippen LogP contribution in [-0.2, 0) is 0 Å². The van der Waals surface area contributed by atoms with Crippen LogP contribution in [0.3, 0.4) is 0 Å². The molecule has 4 heteroatoms. The fraction of sp³-hybridized carbons (Fsp3) is 0.111. The van der Waals surface area contributed by atoms with Crippen molar-refractivity contribution in [2.45, 2.75) is 13.3 Å². The molecule has 0 amide bonds. The lowest BCUT2D eigenvalue weighted by Gasteiger charge is -2.08. The van der Waals surface area contributed by atoms with Crippen LogP contribution in [0.4, 0.5) is 5.69 Å². The minimum absolute atomic E-state index is 0.680. The highest BCUT2D eigenvalue weighted by atomic mass is 35.5. The Bertz CT molecular complexity index is 813. The molecule has 0 aliphatic heterocycles. The van der Waals surface area contributed by atoms with E-state index in [0.29, 0.717) is 5.02 Å². The van der Waals surface area contributed by atoms with Gasteiger partial charge in [0.1, 0.15) is 0 Å². The largest absolute Gasteiger partial charge is 0.277 e. The molecule has 0 fully saturated rings. The van der Waals surface area contributed by atoms with Gasteiger partial charge < -0.3 is 0 Å². The Morgan fingerprint density at radius 2 is 1.95 bits per heavy atom. The number of hydrazone groups is 1. The molecular formula is C18H16ClN3. The maximum absolute atomic E-state index is 6.01. The van der Waals surface area contributed by atoms with Crippen molar-refractivity contribution in [2.24, 2.45) is 5.10 Å². The Kier molecular flexibility index (Phi) is 4.35. The highest BCUT2D eigenvalue weighted by Crippen LogP contribution is 2.24. The van der Waals surface area contributed by atoms with Gasteiger partial charge in [0.2, 0.25) is 0 Å². The zero-order valence-corrected chi connectivity index (χ0v) is 13.0. The van der Waals surface area contributed by atoms with Gasteiger partial charge in [0, 0.05) is 16.6 Å². The molecule has 0 aliphatic carbocycles. The number of nitrogens with zero attached hydrogens (tertiary/aromatic N) is 2. The second kappa shape index (κ2) is 6.58. The smallest absolute Gasteiger partial charge is 0.0738 e. The minimum Gasteiger partial charge on any atom is -0.277 e. The van der Waals surface area contributed by atoms with Crippen molar-refractivity contribution in [2.75, 3.05) is 5.43 Å². The molecule has 0 aliphatic rings. The molecule has 0 spiro atoms. The highest BCUT2D eigenvalue weighted by Gasteiger charge is 2.04. The van der Waals surface area contributed by atoms with Crippen LogP contribution in [0.2, 0.25) is 5.02 Å². The molecule has 1 aromatic heterocycles. The summed E-state index contributed by atoms with van der Waals surface area (Å²) >= 11 is 6.01. The van der Waals surface area contributed by atoms with Gasteiger partial charge in [-0.15, -0.1) is 0 Å². The molecule has 2 aromatic carbocycles. The molecule has 0 atom stereocenters. The quantitative estimate of drug-likeness (QED) is 0.537. The Morgan fingerprint density at radius 1 is 1.14 bits per heavy atom. The standard InChI is InChI=1S/C18H16ClN3/c1-2-16(13-6-4-3-5-7-13)21-22-17-10-11-20-18-12-14(19)8-9-15(17)18/h3-12H,2H2,1H3,(H,20,22)/b21-16-. The fourth-order valence-corrected chi connectivity index (χ4v) is 2.49. The molecule has 0 saturated carbocycles. The van der Waals surface area contributed by atoms with Crippen molar-refractivity contribution in [3.63, 3.8) is 0 Å². The lowest BCUT2D eigenvalue weighted by molar-refractivity contribution is 1.22. The van der Waals surface area contributed by atoms with Crippen molar-refractivity contribution in [3.05, 3.63) is 71.4 Å². The van der Waals surface area contributed by atoms with E-state index in [2.05, 4.69) is 34.6 Å². The fourth-order valence-electron chi connectivity index (χ4n) is 2.32. The first kappa shape index (κ1) is 14.5. The van der Waals surface area contributed by atoms with Gasteiger partial charge in [-0.3, -0.25) is 10.4 Å². The molecule has 3 aromatic rings. The van der Waals surface area contributed by atoms with Crippen molar-refractivity contribution < 1.29 is 0 Å². The van der Waals surface area contributed by atoms with E-state index in [1.54, 1.807) is 6.20 Å². The summed E-state index contributed by atoms with van der Waals surface area (Å²) in [6, 6.07) is 17.7. The molecule has 3 rings (SSSR count). The van der Waals surface area contributed by atoms with Gasteiger partial charge in [-0.05, 0) is 36.2 Å². The minimum atomic E-state index is 0.680. The maximum atomic E-state index is 6.01. The Hall–Kier alpha value is -2.39. The third kappa shape index (κ3) is 3.10. The zero-order chi connectivity index (χ0) is 15.4. The summed E-state index contributed by atoms with van der Waals surface area (Å²) in [6.07, 6.45) is 2.61. The molecule has 1 heterocycles. The van der Waals surface area contributed by atoms with Crippen LogP contribution >= 0.6 is 11.6 Å². The van der Waals surface area contributed by atoms with Crippen LogP contribution in [-0.4, -0.2) is 10.7 Å². The molecule has 0 radical (unpaired) electrons. The van der Waals surface area contributed by atoms with E-state index < -0.39 is 0 Å². The van der Waals surface area contributed by atoms with Gasteiger partial charge in [-0.25, -0.2) is 0 Å². The number of pyridine rings is 1. The normalized spacial score (nSPS) is 11.6. The third-order valence-electron chi connectivity index (χ3n) is 3.46. The van der Waals surface area contributed by atoms with E-state index >= 15 is 0 Å². The molecule has 110 valence electrons. The number of hydrogen-bond acceptors (Lipinski definition) is 3. The second-order valence-electron chi connectivity index (χ2n) is 4.91. The van der Waals surface area contributed by atoms with Crippen molar-refractivity contribution in [3.8, 4) is 0 Å². The van der Waals surface area contributed by atoms with E-state index in [0.717, 1.165) is 34.3 Å². The number of benzene rings is 2. The number of rotatable bonds is 4. The van der Waals surface area contributed by atoms with E-state index in [1.165, 1.54) is 0 Å². The first-order valence-electron chi connectivity index (χ1n) is 7.20. The van der Waals surface area contributed by atoms with E-state index in [4.69, 9.17) is 11.6 Å². The number of fused-ring (bicyclic) bond motifs is 1. The first-order chi connectivity index (χ1) is 10.8. The lowest BCUT2D eigenvalue weighted by atomic mass is 10.1. The molecule has 0 unspecified atom stereocenters. The van der Waals surface area contributed by atoms with Crippen LogP contribution in [0, 0.1) is 0 Å². The van der Waals surface area contributed by atoms with E-state index in [-0.39, 0.29) is 0 Å². The number of nitrogens with one attached hydrogen (secondary N) is 1. The van der Waals surface area contributed by atoms with Gasteiger partial charge in [-0.1, -0.05) is 48.9 Å². The predicted molar refractivity (Wildman–Crippen MR) is 93.6 cm³/mol. The summed E-state index contributed by atoms with van der Waals surface area (Å²) < 4.78 is 0. The first-order valence-corrected chi connectivity index (χ1v) is 7.58. The Balaban J connectivity index is 1.94. The van der Waals surface area contributed by atoms with Gasteiger partial charge >= 0.3 is 0 Å². The molecule has 0 bridgehead atoms. The van der Waals surface area contributed by atoms with Crippen LogP contribution < -0.4 is 5.43 Å². The summed E-state index contributed by atoms with van der Waals surface area (Å²) in [4.78, 5) is 4.34.